The molecule has 1 aliphatic heterocycles. The number of hydrogen-bond acceptors (Lipinski definition) is 3. The second-order valence-electron chi connectivity index (χ2n) is 5.42. The lowest BCUT2D eigenvalue weighted by Crippen LogP contribution is -2.38. The monoisotopic (exact) mass is 382 g/mol. The van der Waals surface area contributed by atoms with E-state index in [0.29, 0.717) is 27.3 Å². The number of rotatable bonds is 4. The number of anilines is 1. The van der Waals surface area contributed by atoms with Crippen molar-refractivity contribution in [2.45, 2.75) is 19.0 Å². The van der Waals surface area contributed by atoms with Crippen molar-refractivity contribution in [1.82, 2.24) is 5.32 Å². The van der Waals surface area contributed by atoms with Crippen LogP contribution in [-0.2, 0) is 16.1 Å². The van der Waals surface area contributed by atoms with E-state index in [2.05, 4.69) is 5.32 Å². The molecule has 0 aliphatic carbocycles. The molecule has 1 fully saturated rings. The molecule has 3 rings (SSSR count). The van der Waals surface area contributed by atoms with Gasteiger partial charge in [0.05, 0.1) is 18.2 Å². The molecule has 0 radical (unpaired) electrons. The molecule has 0 bridgehead atoms. The van der Waals surface area contributed by atoms with Gasteiger partial charge in [-0.2, -0.15) is 0 Å². The molecule has 1 atom stereocenters. The molecule has 7 heteroatoms. The Morgan fingerprint density at radius 3 is 2.33 bits per heavy atom. The lowest BCUT2D eigenvalue weighted by molar-refractivity contribution is -0.121. The van der Waals surface area contributed by atoms with Crippen molar-refractivity contribution in [1.29, 1.82) is 0 Å². The zero-order chi connectivity index (χ0) is 17.3. The minimum absolute atomic E-state index is 0.104. The van der Waals surface area contributed by atoms with Crippen molar-refractivity contribution < 1.29 is 9.59 Å². The van der Waals surface area contributed by atoms with Gasteiger partial charge in [-0.15, -0.1) is 0 Å². The number of benzene rings is 2. The van der Waals surface area contributed by atoms with E-state index in [1.165, 1.54) is 4.90 Å². The van der Waals surface area contributed by atoms with Gasteiger partial charge in [0.2, 0.25) is 5.91 Å². The summed E-state index contributed by atoms with van der Waals surface area (Å²) in [4.78, 5) is 25.9. The summed E-state index contributed by atoms with van der Waals surface area (Å²) >= 11 is 17.8. The first kappa shape index (κ1) is 17.2. The molecule has 1 aliphatic rings. The van der Waals surface area contributed by atoms with Gasteiger partial charge in [0.15, 0.2) is 0 Å². The lowest BCUT2D eigenvalue weighted by atomic mass is 10.2. The summed E-state index contributed by atoms with van der Waals surface area (Å²) in [7, 11) is 0. The van der Waals surface area contributed by atoms with Crippen molar-refractivity contribution in [3.63, 3.8) is 0 Å². The Labute approximate surface area is 154 Å². The Kier molecular flexibility index (Phi) is 5.11. The summed E-state index contributed by atoms with van der Waals surface area (Å²) in [6, 6.07) is 11.2. The molecule has 1 N–H and O–H groups in total. The van der Waals surface area contributed by atoms with Crippen LogP contribution in [0.5, 0.6) is 0 Å². The highest BCUT2D eigenvalue weighted by atomic mass is 35.5. The molecule has 24 heavy (non-hydrogen) atoms. The number of nitrogens with one attached hydrogen (secondary N) is 1. The van der Waals surface area contributed by atoms with E-state index in [1.54, 1.807) is 42.5 Å². The zero-order valence-corrected chi connectivity index (χ0v) is 14.7. The third kappa shape index (κ3) is 3.57. The van der Waals surface area contributed by atoms with Crippen LogP contribution < -0.4 is 10.2 Å². The maximum absolute atomic E-state index is 12.5. The fourth-order valence-electron chi connectivity index (χ4n) is 2.55. The summed E-state index contributed by atoms with van der Waals surface area (Å²) in [6.45, 7) is 0.369. The predicted molar refractivity (Wildman–Crippen MR) is 95.7 cm³/mol. The van der Waals surface area contributed by atoms with Crippen LogP contribution >= 0.6 is 34.8 Å². The Morgan fingerprint density at radius 1 is 1.00 bits per heavy atom. The number of halogens is 3. The van der Waals surface area contributed by atoms with E-state index in [4.69, 9.17) is 34.8 Å². The van der Waals surface area contributed by atoms with Gasteiger partial charge in [0, 0.05) is 21.6 Å². The zero-order valence-electron chi connectivity index (χ0n) is 12.4. The maximum Gasteiger partial charge on any atom is 0.251 e. The number of imide groups is 1. The van der Waals surface area contributed by atoms with E-state index >= 15 is 0 Å². The van der Waals surface area contributed by atoms with Crippen LogP contribution in [-0.4, -0.2) is 17.9 Å². The summed E-state index contributed by atoms with van der Waals surface area (Å²) < 4.78 is 0. The van der Waals surface area contributed by atoms with E-state index in [-0.39, 0.29) is 18.2 Å². The topological polar surface area (TPSA) is 49.4 Å². The van der Waals surface area contributed by atoms with Crippen molar-refractivity contribution in [2.24, 2.45) is 0 Å². The first-order chi connectivity index (χ1) is 11.5. The summed E-state index contributed by atoms with van der Waals surface area (Å²) in [6.07, 6.45) is 0.104. The molecule has 0 spiro atoms. The SMILES string of the molecule is O=C1C[C@@H](NCc2ccc(Cl)cc2Cl)C(=O)N1c1ccc(Cl)cc1. The van der Waals surface area contributed by atoms with Crippen molar-refractivity contribution in [2.75, 3.05) is 4.90 Å². The molecule has 2 aromatic rings. The van der Waals surface area contributed by atoms with Crippen LogP contribution in [0.3, 0.4) is 0 Å². The molecular weight excluding hydrogens is 371 g/mol. The Morgan fingerprint density at radius 2 is 1.67 bits per heavy atom. The highest BCUT2D eigenvalue weighted by Crippen LogP contribution is 2.25. The molecule has 124 valence electrons. The second kappa shape index (κ2) is 7.11. The van der Waals surface area contributed by atoms with Gasteiger partial charge in [-0.05, 0) is 42.0 Å². The highest BCUT2D eigenvalue weighted by Gasteiger charge is 2.39. The summed E-state index contributed by atoms with van der Waals surface area (Å²) in [5.74, 6) is -0.533. The minimum atomic E-state index is -0.583. The first-order valence-electron chi connectivity index (χ1n) is 7.25. The number of hydrogen-bond donors (Lipinski definition) is 1. The van der Waals surface area contributed by atoms with Crippen molar-refractivity contribution in [3.05, 3.63) is 63.1 Å². The van der Waals surface area contributed by atoms with Crippen LogP contribution in [0.4, 0.5) is 5.69 Å². The van der Waals surface area contributed by atoms with Gasteiger partial charge in [-0.1, -0.05) is 40.9 Å². The standard InChI is InChI=1S/C17H13Cl3N2O2/c18-11-3-5-13(6-4-11)22-16(23)8-15(17(22)24)21-9-10-1-2-12(19)7-14(10)20/h1-7,15,21H,8-9H2/t15-/m1/s1. The number of amides is 2. The van der Waals surface area contributed by atoms with Crippen LogP contribution in [0.1, 0.15) is 12.0 Å². The largest absolute Gasteiger partial charge is 0.301 e. The van der Waals surface area contributed by atoms with E-state index < -0.39 is 6.04 Å². The number of carbonyl (C=O) groups excluding carboxylic acids is 2. The first-order valence-corrected chi connectivity index (χ1v) is 8.39. The van der Waals surface area contributed by atoms with Gasteiger partial charge in [0.25, 0.3) is 5.91 Å². The van der Waals surface area contributed by atoms with Gasteiger partial charge in [-0.25, -0.2) is 4.90 Å². The van der Waals surface area contributed by atoms with Crippen molar-refractivity contribution >= 4 is 52.3 Å². The smallest absolute Gasteiger partial charge is 0.251 e. The van der Waals surface area contributed by atoms with E-state index in [9.17, 15) is 9.59 Å². The predicted octanol–water partition coefficient (Wildman–Crippen LogP) is 4.07. The van der Waals surface area contributed by atoms with Crippen molar-refractivity contribution in [3.8, 4) is 0 Å². The van der Waals surface area contributed by atoms with Crippen LogP contribution in [0.2, 0.25) is 15.1 Å². The average molecular weight is 384 g/mol. The van der Waals surface area contributed by atoms with Gasteiger partial charge < -0.3 is 5.32 Å². The van der Waals surface area contributed by atoms with E-state index in [0.717, 1.165) is 5.56 Å². The molecule has 0 unspecified atom stereocenters. The quantitative estimate of drug-likeness (QED) is 0.810. The maximum atomic E-state index is 12.5. The second-order valence-corrected chi connectivity index (χ2v) is 6.70. The summed E-state index contributed by atoms with van der Waals surface area (Å²) in [5, 5.41) is 4.69. The molecule has 4 nitrogen and oxygen atoms in total. The minimum Gasteiger partial charge on any atom is -0.301 e. The molecule has 1 saturated heterocycles. The highest BCUT2D eigenvalue weighted by molar-refractivity contribution is 6.35. The number of carbonyl (C=O) groups is 2. The third-order valence-electron chi connectivity index (χ3n) is 3.79. The van der Waals surface area contributed by atoms with Crippen LogP contribution in [0, 0.1) is 0 Å². The fourth-order valence-corrected chi connectivity index (χ4v) is 3.15. The Hall–Kier alpha value is -1.59. The Bertz CT molecular complexity index is 793. The van der Waals surface area contributed by atoms with E-state index in [1.807, 2.05) is 0 Å². The van der Waals surface area contributed by atoms with Gasteiger partial charge in [0.1, 0.15) is 0 Å². The normalized spacial score (nSPS) is 17.6. The summed E-state index contributed by atoms with van der Waals surface area (Å²) in [5.41, 5.74) is 1.33. The molecule has 2 amide bonds. The fraction of sp³-hybridized carbons (Fsp3) is 0.176. The number of nitrogens with zero attached hydrogens (tertiary/aromatic N) is 1. The molecule has 0 aromatic heterocycles. The average Bonchev–Trinajstić information content (AvgIpc) is 2.82. The lowest BCUT2D eigenvalue weighted by Gasteiger charge is -2.16. The Balaban J connectivity index is 1.71. The van der Waals surface area contributed by atoms with Gasteiger partial charge >= 0.3 is 0 Å². The molecule has 1 heterocycles. The molecular formula is C17H13Cl3N2O2. The van der Waals surface area contributed by atoms with Crippen LogP contribution in [0.15, 0.2) is 42.5 Å². The third-order valence-corrected chi connectivity index (χ3v) is 4.62. The molecule has 2 aromatic carbocycles. The molecule has 0 saturated carbocycles. The van der Waals surface area contributed by atoms with Gasteiger partial charge in [-0.3, -0.25) is 9.59 Å². The van der Waals surface area contributed by atoms with Crippen LogP contribution in [0.25, 0.3) is 0 Å².